The Morgan fingerprint density at radius 2 is 1.95 bits per heavy atom. The highest BCUT2D eigenvalue weighted by Crippen LogP contribution is 2.30. The Bertz CT molecular complexity index is 498. The highest BCUT2D eigenvalue weighted by atomic mass is 16.6. The molecule has 0 spiro atoms. The Kier molecular flexibility index (Phi) is 5.08. The van der Waals surface area contributed by atoms with Crippen molar-refractivity contribution in [1.29, 1.82) is 0 Å². The molecule has 1 aliphatic heterocycles. The van der Waals surface area contributed by atoms with Crippen LogP contribution < -0.4 is 5.73 Å². The van der Waals surface area contributed by atoms with Crippen molar-refractivity contribution in [3.05, 3.63) is 35.9 Å². The normalized spacial score (nSPS) is 23.4. The summed E-state index contributed by atoms with van der Waals surface area (Å²) in [4.78, 5) is 14.2. The van der Waals surface area contributed by atoms with Crippen molar-refractivity contribution < 1.29 is 14.3 Å². The maximum atomic E-state index is 12.5. The molecule has 122 valence electrons. The predicted molar refractivity (Wildman–Crippen MR) is 85.5 cm³/mol. The Morgan fingerprint density at radius 1 is 1.32 bits per heavy atom. The lowest BCUT2D eigenvalue weighted by Gasteiger charge is -2.31. The van der Waals surface area contributed by atoms with Crippen LogP contribution in [0.3, 0.4) is 0 Å². The Labute approximate surface area is 132 Å². The van der Waals surface area contributed by atoms with Crippen LogP contribution in [0.4, 0.5) is 4.79 Å². The number of rotatable bonds is 3. The van der Waals surface area contributed by atoms with Crippen LogP contribution in [0, 0.1) is 0 Å². The van der Waals surface area contributed by atoms with E-state index in [0.717, 1.165) is 5.56 Å². The molecule has 22 heavy (non-hydrogen) atoms. The predicted octanol–water partition coefficient (Wildman–Crippen LogP) is 2.71. The molecule has 0 aliphatic carbocycles. The molecule has 1 fully saturated rings. The van der Waals surface area contributed by atoms with Gasteiger partial charge in [-0.05, 0) is 32.8 Å². The van der Waals surface area contributed by atoms with E-state index in [9.17, 15) is 4.79 Å². The maximum absolute atomic E-state index is 12.5. The van der Waals surface area contributed by atoms with Crippen molar-refractivity contribution in [1.82, 2.24) is 4.90 Å². The van der Waals surface area contributed by atoms with Crippen LogP contribution in [0.25, 0.3) is 0 Å². The van der Waals surface area contributed by atoms with E-state index < -0.39 is 5.60 Å². The largest absolute Gasteiger partial charge is 0.444 e. The van der Waals surface area contributed by atoms with Crippen molar-refractivity contribution in [3.63, 3.8) is 0 Å². The van der Waals surface area contributed by atoms with Crippen LogP contribution in [0.1, 0.15) is 38.8 Å². The van der Waals surface area contributed by atoms with Gasteiger partial charge in [0, 0.05) is 7.11 Å². The van der Waals surface area contributed by atoms with E-state index in [4.69, 9.17) is 15.2 Å². The zero-order valence-electron chi connectivity index (χ0n) is 13.8. The van der Waals surface area contributed by atoms with E-state index in [0.29, 0.717) is 13.0 Å². The topological polar surface area (TPSA) is 64.8 Å². The average Bonchev–Trinajstić information content (AvgIpc) is 2.90. The Balaban J connectivity index is 2.17. The summed E-state index contributed by atoms with van der Waals surface area (Å²) in [5.74, 6) is 0. The molecule has 1 heterocycles. The number of ether oxygens (including phenoxy) is 2. The molecule has 1 aliphatic rings. The monoisotopic (exact) mass is 306 g/mol. The summed E-state index contributed by atoms with van der Waals surface area (Å²) in [7, 11) is 1.66. The van der Waals surface area contributed by atoms with Gasteiger partial charge in [-0.1, -0.05) is 30.3 Å². The number of amides is 1. The SMILES string of the molecule is CO[C@@H]1C[C@H](C(N)c2ccccc2)N(C(=O)OC(C)(C)C)C1. The molecule has 1 aromatic rings. The fraction of sp³-hybridized carbons (Fsp3) is 0.588. The maximum Gasteiger partial charge on any atom is 0.410 e. The van der Waals surface area contributed by atoms with Gasteiger partial charge in [0.15, 0.2) is 0 Å². The molecule has 1 amide bonds. The second-order valence-corrected chi connectivity index (χ2v) is 6.73. The van der Waals surface area contributed by atoms with Crippen molar-refractivity contribution >= 4 is 6.09 Å². The molecule has 2 N–H and O–H groups in total. The smallest absolute Gasteiger partial charge is 0.410 e. The number of hydrogen-bond acceptors (Lipinski definition) is 4. The lowest BCUT2D eigenvalue weighted by Crippen LogP contribution is -2.44. The van der Waals surface area contributed by atoms with Crippen molar-refractivity contribution in [2.75, 3.05) is 13.7 Å². The summed E-state index contributed by atoms with van der Waals surface area (Å²) in [6.07, 6.45) is 0.377. The minimum Gasteiger partial charge on any atom is -0.444 e. The molecule has 0 aromatic heterocycles. The Hall–Kier alpha value is -1.59. The van der Waals surface area contributed by atoms with Gasteiger partial charge >= 0.3 is 6.09 Å². The lowest BCUT2D eigenvalue weighted by atomic mass is 9.98. The highest BCUT2D eigenvalue weighted by molar-refractivity contribution is 5.69. The van der Waals surface area contributed by atoms with Crippen LogP contribution >= 0.6 is 0 Å². The molecule has 1 unspecified atom stereocenters. The van der Waals surface area contributed by atoms with Crippen LogP contribution in [0.5, 0.6) is 0 Å². The zero-order valence-corrected chi connectivity index (χ0v) is 13.8. The molecule has 3 atom stereocenters. The fourth-order valence-corrected chi connectivity index (χ4v) is 2.77. The van der Waals surface area contributed by atoms with Gasteiger partial charge in [0.2, 0.25) is 0 Å². The standard InChI is InChI=1S/C17H26N2O3/c1-17(2,3)22-16(20)19-11-13(21-4)10-14(19)15(18)12-8-6-5-7-9-12/h5-9,13-15H,10-11,18H2,1-4H3/t13-,14-,15?/m1/s1. The first-order valence-electron chi connectivity index (χ1n) is 7.65. The first-order chi connectivity index (χ1) is 10.3. The van der Waals surface area contributed by atoms with Gasteiger partial charge in [-0.3, -0.25) is 0 Å². The highest BCUT2D eigenvalue weighted by Gasteiger charge is 2.41. The summed E-state index contributed by atoms with van der Waals surface area (Å²) in [5, 5.41) is 0. The molecule has 0 radical (unpaired) electrons. The number of methoxy groups -OCH3 is 1. The second kappa shape index (κ2) is 6.67. The minimum absolute atomic E-state index is 0.00715. The number of carbonyl (C=O) groups is 1. The van der Waals surface area contributed by atoms with Crippen LogP contribution in [0.15, 0.2) is 30.3 Å². The van der Waals surface area contributed by atoms with E-state index in [1.807, 2.05) is 51.1 Å². The van der Waals surface area contributed by atoms with Crippen molar-refractivity contribution in [2.45, 2.75) is 51.0 Å². The van der Waals surface area contributed by atoms with E-state index in [1.165, 1.54) is 0 Å². The van der Waals surface area contributed by atoms with Gasteiger partial charge in [-0.2, -0.15) is 0 Å². The minimum atomic E-state index is -0.524. The van der Waals surface area contributed by atoms with Gasteiger partial charge in [-0.15, -0.1) is 0 Å². The Morgan fingerprint density at radius 3 is 2.50 bits per heavy atom. The van der Waals surface area contributed by atoms with Gasteiger partial charge < -0.3 is 20.1 Å². The number of nitrogens with zero attached hydrogens (tertiary/aromatic N) is 1. The fourth-order valence-electron chi connectivity index (χ4n) is 2.77. The van der Waals surface area contributed by atoms with Gasteiger partial charge in [-0.25, -0.2) is 4.79 Å². The number of nitrogens with two attached hydrogens (primary N) is 1. The van der Waals surface area contributed by atoms with Gasteiger partial charge in [0.1, 0.15) is 5.60 Å². The summed E-state index contributed by atoms with van der Waals surface area (Å²) >= 11 is 0. The first-order valence-corrected chi connectivity index (χ1v) is 7.65. The molecular weight excluding hydrogens is 280 g/mol. The number of hydrogen-bond donors (Lipinski definition) is 1. The summed E-state index contributed by atoms with van der Waals surface area (Å²) in [5.41, 5.74) is 6.89. The van der Waals surface area contributed by atoms with Crippen LogP contribution in [0.2, 0.25) is 0 Å². The average molecular weight is 306 g/mol. The van der Waals surface area contributed by atoms with E-state index in [-0.39, 0.29) is 24.3 Å². The summed E-state index contributed by atoms with van der Waals surface area (Å²) in [6, 6.07) is 9.45. The third-order valence-corrected chi connectivity index (χ3v) is 3.87. The third-order valence-electron chi connectivity index (χ3n) is 3.87. The van der Waals surface area contributed by atoms with Crippen molar-refractivity contribution in [3.8, 4) is 0 Å². The quantitative estimate of drug-likeness (QED) is 0.932. The van der Waals surface area contributed by atoms with Crippen LogP contribution in [-0.4, -0.2) is 42.4 Å². The summed E-state index contributed by atoms with van der Waals surface area (Å²) < 4.78 is 10.9. The van der Waals surface area contributed by atoms with Gasteiger partial charge in [0.25, 0.3) is 0 Å². The zero-order chi connectivity index (χ0) is 16.3. The van der Waals surface area contributed by atoms with Gasteiger partial charge in [0.05, 0.1) is 24.7 Å². The molecule has 2 rings (SSSR count). The van der Waals surface area contributed by atoms with E-state index in [1.54, 1.807) is 12.0 Å². The van der Waals surface area contributed by atoms with E-state index in [2.05, 4.69) is 0 Å². The molecule has 0 saturated carbocycles. The lowest BCUT2D eigenvalue weighted by molar-refractivity contribution is 0.0180. The first kappa shape index (κ1) is 16.8. The molecule has 1 aromatic carbocycles. The van der Waals surface area contributed by atoms with Crippen molar-refractivity contribution in [2.24, 2.45) is 5.73 Å². The summed E-state index contributed by atoms with van der Waals surface area (Å²) in [6.45, 7) is 6.10. The molecule has 1 saturated heterocycles. The third kappa shape index (κ3) is 3.99. The number of benzene rings is 1. The van der Waals surface area contributed by atoms with E-state index >= 15 is 0 Å². The molecule has 5 heteroatoms. The second-order valence-electron chi connectivity index (χ2n) is 6.73. The molecule has 5 nitrogen and oxygen atoms in total. The van der Waals surface area contributed by atoms with Crippen LogP contribution in [-0.2, 0) is 9.47 Å². The number of carbonyl (C=O) groups excluding carboxylic acids is 1. The molecule has 0 bridgehead atoms. The molecular formula is C17H26N2O3. The number of likely N-dealkylation sites (tertiary alicyclic amines) is 1.